The average Bonchev–Trinajstić information content (AvgIpc) is 3.29. The highest BCUT2D eigenvalue weighted by atomic mass is 16.6. The third-order valence-corrected chi connectivity index (χ3v) is 13.7. The monoisotopic (exact) mass is 905 g/mol. The van der Waals surface area contributed by atoms with Gasteiger partial charge in [0.05, 0.1) is 0 Å². The fraction of sp³-hybridized carbons (Fsp3) is 0.948. The first kappa shape index (κ1) is 62.4. The molecule has 0 aromatic carbocycles. The second-order valence-corrected chi connectivity index (χ2v) is 20.2. The van der Waals surface area contributed by atoms with E-state index in [1.807, 2.05) is 0 Å². The van der Waals surface area contributed by atoms with E-state index in [9.17, 15) is 14.4 Å². The number of ether oxygens (including phenoxy) is 3. The summed E-state index contributed by atoms with van der Waals surface area (Å²) in [5.74, 6) is 0.0334. The first-order chi connectivity index (χ1) is 31.4. The van der Waals surface area contributed by atoms with Gasteiger partial charge in [0.1, 0.15) is 13.2 Å². The third-order valence-electron chi connectivity index (χ3n) is 13.7. The Morgan fingerprint density at radius 3 is 0.812 bits per heavy atom. The molecule has 6 heteroatoms. The largest absolute Gasteiger partial charge is 0.462 e. The van der Waals surface area contributed by atoms with E-state index < -0.39 is 6.10 Å². The van der Waals surface area contributed by atoms with Crippen molar-refractivity contribution >= 4 is 17.9 Å². The van der Waals surface area contributed by atoms with Crippen LogP contribution < -0.4 is 0 Å². The van der Waals surface area contributed by atoms with E-state index in [0.717, 1.165) is 63.7 Å². The van der Waals surface area contributed by atoms with E-state index in [0.29, 0.717) is 19.3 Å². The van der Waals surface area contributed by atoms with Crippen molar-refractivity contribution in [3.05, 3.63) is 0 Å². The lowest BCUT2D eigenvalue weighted by Crippen LogP contribution is -2.30. The minimum absolute atomic E-state index is 0.0620. The first-order valence-electron chi connectivity index (χ1n) is 28.9. The predicted molar refractivity (Wildman–Crippen MR) is 275 cm³/mol. The van der Waals surface area contributed by atoms with Crippen LogP contribution in [0.3, 0.4) is 0 Å². The van der Waals surface area contributed by atoms with Crippen LogP contribution in [0.25, 0.3) is 0 Å². The normalized spacial score (nSPS) is 12.4. The molecule has 0 aromatic heterocycles. The van der Waals surface area contributed by atoms with Gasteiger partial charge < -0.3 is 14.2 Å². The molecule has 0 rings (SSSR count). The molecule has 6 nitrogen and oxygen atoms in total. The zero-order valence-electron chi connectivity index (χ0n) is 43.8. The zero-order valence-corrected chi connectivity index (χ0v) is 43.8. The number of esters is 3. The summed E-state index contributed by atoms with van der Waals surface area (Å²) in [6, 6.07) is 0. The molecule has 0 aliphatic rings. The van der Waals surface area contributed by atoms with Crippen molar-refractivity contribution in [3.8, 4) is 0 Å². The number of hydrogen-bond acceptors (Lipinski definition) is 6. The quantitative estimate of drug-likeness (QED) is 0.0344. The molecule has 0 fully saturated rings. The Balaban J connectivity index is 4.29. The fourth-order valence-electron chi connectivity index (χ4n) is 8.89. The average molecular weight is 906 g/mol. The van der Waals surface area contributed by atoms with Gasteiger partial charge in [0.2, 0.25) is 0 Å². The highest BCUT2D eigenvalue weighted by Crippen LogP contribution is 2.18. The number of hydrogen-bond donors (Lipinski definition) is 0. The van der Waals surface area contributed by atoms with Crippen molar-refractivity contribution < 1.29 is 28.6 Å². The Bertz CT molecular complexity index is 966. The molecule has 0 N–H and O–H groups in total. The lowest BCUT2D eigenvalue weighted by atomic mass is 9.99. The highest BCUT2D eigenvalue weighted by molar-refractivity contribution is 5.71. The van der Waals surface area contributed by atoms with Crippen LogP contribution >= 0.6 is 0 Å². The van der Waals surface area contributed by atoms with Crippen molar-refractivity contribution in [1.29, 1.82) is 0 Å². The minimum atomic E-state index is -0.762. The molecule has 380 valence electrons. The summed E-state index contributed by atoms with van der Waals surface area (Å²) in [5.41, 5.74) is 0. The van der Waals surface area contributed by atoms with Crippen LogP contribution in [-0.4, -0.2) is 37.2 Å². The van der Waals surface area contributed by atoms with Gasteiger partial charge in [-0.05, 0) is 25.2 Å². The van der Waals surface area contributed by atoms with Gasteiger partial charge >= 0.3 is 17.9 Å². The molecule has 0 bridgehead atoms. The van der Waals surface area contributed by atoms with Gasteiger partial charge in [0.25, 0.3) is 0 Å². The summed E-state index contributed by atoms with van der Waals surface area (Å²) in [6.45, 7) is 9.08. The molecule has 1 unspecified atom stereocenters. The molecule has 0 spiro atoms. The van der Waals surface area contributed by atoms with Crippen LogP contribution in [0, 0.1) is 5.92 Å². The summed E-state index contributed by atoms with van der Waals surface area (Å²) >= 11 is 0. The van der Waals surface area contributed by atoms with E-state index >= 15 is 0 Å². The number of rotatable bonds is 53. The van der Waals surface area contributed by atoms with Crippen LogP contribution in [0.5, 0.6) is 0 Å². The van der Waals surface area contributed by atoms with Crippen molar-refractivity contribution in [2.75, 3.05) is 13.2 Å². The fourth-order valence-corrected chi connectivity index (χ4v) is 8.89. The maximum Gasteiger partial charge on any atom is 0.306 e. The maximum absolute atomic E-state index is 12.8. The molecule has 0 saturated heterocycles. The Kier molecular flexibility index (Phi) is 51.1. The molecular weight excluding hydrogens is 793 g/mol. The van der Waals surface area contributed by atoms with Gasteiger partial charge in [-0.15, -0.1) is 0 Å². The number of unbranched alkanes of at least 4 members (excludes halogenated alkanes) is 39. The lowest BCUT2D eigenvalue weighted by Gasteiger charge is -2.18. The molecule has 64 heavy (non-hydrogen) atoms. The third kappa shape index (κ3) is 49.8. The molecule has 2 atom stereocenters. The van der Waals surface area contributed by atoms with Crippen LogP contribution in [0.4, 0.5) is 0 Å². The lowest BCUT2D eigenvalue weighted by molar-refractivity contribution is -0.167. The van der Waals surface area contributed by atoms with E-state index in [2.05, 4.69) is 27.7 Å². The van der Waals surface area contributed by atoms with Crippen LogP contribution in [0.15, 0.2) is 0 Å². The van der Waals surface area contributed by atoms with Crippen LogP contribution in [0.1, 0.15) is 329 Å². The van der Waals surface area contributed by atoms with Gasteiger partial charge in [-0.25, -0.2) is 0 Å². The molecule has 0 heterocycles. The van der Waals surface area contributed by atoms with Crippen LogP contribution in [0.2, 0.25) is 0 Å². The summed E-state index contributed by atoms with van der Waals surface area (Å²) in [7, 11) is 0. The van der Waals surface area contributed by atoms with Gasteiger partial charge in [-0.3, -0.25) is 14.4 Å². The Morgan fingerprint density at radius 1 is 0.312 bits per heavy atom. The summed E-state index contributed by atoms with van der Waals surface area (Å²) < 4.78 is 16.9. The van der Waals surface area contributed by atoms with E-state index in [1.165, 1.54) is 225 Å². The van der Waals surface area contributed by atoms with Gasteiger partial charge in [-0.1, -0.05) is 291 Å². The number of carbonyl (C=O) groups is 3. The van der Waals surface area contributed by atoms with Gasteiger partial charge in [-0.2, -0.15) is 0 Å². The van der Waals surface area contributed by atoms with Crippen LogP contribution in [-0.2, 0) is 28.6 Å². The second-order valence-electron chi connectivity index (χ2n) is 20.2. The molecular formula is C58H112O6. The second kappa shape index (κ2) is 52.4. The molecule has 0 aliphatic carbocycles. The number of carbonyl (C=O) groups excluding carboxylic acids is 3. The Morgan fingerprint density at radius 2 is 0.547 bits per heavy atom. The summed E-state index contributed by atoms with van der Waals surface area (Å²) in [4.78, 5) is 38.1. The summed E-state index contributed by atoms with van der Waals surface area (Å²) in [6.07, 6.45) is 56.6. The Hall–Kier alpha value is -1.59. The topological polar surface area (TPSA) is 78.9 Å². The van der Waals surface area contributed by atoms with Crippen molar-refractivity contribution in [3.63, 3.8) is 0 Å². The molecule has 0 radical (unpaired) electrons. The highest BCUT2D eigenvalue weighted by Gasteiger charge is 2.19. The molecule has 0 saturated carbocycles. The smallest absolute Gasteiger partial charge is 0.306 e. The van der Waals surface area contributed by atoms with E-state index in [-0.39, 0.29) is 31.1 Å². The maximum atomic E-state index is 12.8. The van der Waals surface area contributed by atoms with Gasteiger partial charge in [0, 0.05) is 19.3 Å². The van der Waals surface area contributed by atoms with E-state index in [1.54, 1.807) is 0 Å². The zero-order chi connectivity index (χ0) is 46.7. The SMILES string of the molecule is CCCCCCCCCCCCCCCCCCCCC(=O)OC[C@@H](COC(=O)CCCCCCCCCCCCC(C)CC)OC(=O)CCCCCCCCCCCCCCCC. The predicted octanol–water partition coefficient (Wildman–Crippen LogP) is 19.0. The summed E-state index contributed by atoms with van der Waals surface area (Å²) in [5, 5.41) is 0. The molecule has 0 aliphatic heterocycles. The van der Waals surface area contributed by atoms with Crippen molar-refractivity contribution in [2.24, 2.45) is 5.92 Å². The first-order valence-corrected chi connectivity index (χ1v) is 28.9. The van der Waals surface area contributed by atoms with Gasteiger partial charge in [0.15, 0.2) is 6.10 Å². The molecule has 0 aromatic rings. The molecule has 0 amide bonds. The Labute approximate surface area is 399 Å². The minimum Gasteiger partial charge on any atom is -0.462 e. The van der Waals surface area contributed by atoms with E-state index in [4.69, 9.17) is 14.2 Å². The standard InChI is InChI=1S/C58H112O6/c1-5-8-10-12-14-16-18-20-22-23-24-25-27-28-33-37-41-45-49-56(59)62-52-55(64-58(61)51-47-43-39-35-29-26-21-19-17-15-13-11-9-6-2)53-63-57(60)50-46-42-38-34-31-30-32-36-40-44-48-54(4)7-3/h54-55H,5-53H2,1-4H3/t54?,55-/m0/s1. The van der Waals surface area contributed by atoms with Crippen molar-refractivity contribution in [2.45, 2.75) is 336 Å². The van der Waals surface area contributed by atoms with Crippen molar-refractivity contribution in [1.82, 2.24) is 0 Å².